The summed E-state index contributed by atoms with van der Waals surface area (Å²) in [5.41, 5.74) is 16.4. The van der Waals surface area contributed by atoms with E-state index < -0.39 is 5.91 Å². The number of fused-ring (bicyclic) bond motifs is 1. The smallest absolute Gasteiger partial charge is 0.298 e. The van der Waals surface area contributed by atoms with Gasteiger partial charge in [0.2, 0.25) is 0 Å². The molecule has 2 fully saturated rings. The summed E-state index contributed by atoms with van der Waals surface area (Å²) in [6, 6.07) is 8.39. The highest BCUT2D eigenvalue weighted by atomic mass is 32.2. The molecule has 36 heavy (non-hydrogen) atoms. The maximum Gasteiger partial charge on any atom is 0.298 e. The summed E-state index contributed by atoms with van der Waals surface area (Å²) < 4.78 is 11.7. The van der Waals surface area contributed by atoms with Gasteiger partial charge in [-0.3, -0.25) is 4.79 Å². The number of pyridine rings is 1. The number of aromatic nitrogens is 2. The number of primary amides is 1. The van der Waals surface area contributed by atoms with Crippen molar-refractivity contribution in [3.8, 4) is 0 Å². The van der Waals surface area contributed by atoms with Crippen molar-refractivity contribution in [3.63, 3.8) is 0 Å². The van der Waals surface area contributed by atoms with Crippen LogP contribution in [0, 0.1) is 0 Å². The van der Waals surface area contributed by atoms with Crippen LogP contribution in [0.4, 0.5) is 23.2 Å². The molecule has 2 saturated heterocycles. The molecule has 0 spiro atoms. The highest BCUT2D eigenvalue weighted by molar-refractivity contribution is 8.02. The largest absolute Gasteiger partial charge is 0.423 e. The molecule has 11 heteroatoms. The quantitative estimate of drug-likeness (QED) is 0.531. The van der Waals surface area contributed by atoms with Gasteiger partial charge < -0.3 is 35.3 Å². The number of hydrogen-bond donors (Lipinski definition) is 2. The fourth-order valence-corrected chi connectivity index (χ4v) is 6.14. The van der Waals surface area contributed by atoms with E-state index in [1.54, 1.807) is 12.3 Å². The number of carbonyl (C=O) groups excluding carboxylic acids is 1. The molecule has 2 aromatic heterocycles. The SMILES string of the molecule is NC(=O)C1=CSC(c2ccc(N)nc2)N1c1cc2oc(N3CCOCC3)nc2cc1N1CCCCC1. The number of ether oxygens (including phenoxy) is 1. The number of hydrogen-bond acceptors (Lipinski definition) is 10. The first-order chi connectivity index (χ1) is 17.6. The van der Waals surface area contributed by atoms with Gasteiger partial charge in [-0.05, 0) is 31.4 Å². The van der Waals surface area contributed by atoms with E-state index in [1.807, 2.05) is 22.4 Å². The lowest BCUT2D eigenvalue weighted by Gasteiger charge is -2.35. The first kappa shape index (κ1) is 23.0. The van der Waals surface area contributed by atoms with Gasteiger partial charge in [0.15, 0.2) is 5.58 Å². The number of carbonyl (C=O) groups is 1. The van der Waals surface area contributed by atoms with Crippen LogP contribution in [0.3, 0.4) is 0 Å². The molecule has 4 N–H and O–H groups in total. The van der Waals surface area contributed by atoms with E-state index in [2.05, 4.69) is 20.9 Å². The standard InChI is InChI=1S/C25H29N7O3S/c26-22-5-4-16(14-28-22)24-32(20(15-36-24)23(27)33)19-13-21-17(12-18(19)30-6-2-1-3-7-30)29-25(35-21)31-8-10-34-11-9-31/h4-5,12-15,24H,1-3,6-11H2,(H2,26,28)(H2,27,33). The lowest BCUT2D eigenvalue weighted by Crippen LogP contribution is -2.36. The summed E-state index contributed by atoms with van der Waals surface area (Å²) in [7, 11) is 0. The van der Waals surface area contributed by atoms with Crippen molar-refractivity contribution in [3.05, 3.63) is 47.1 Å². The molecule has 3 aromatic rings. The summed E-state index contributed by atoms with van der Waals surface area (Å²) in [5.74, 6) is -0.0335. The number of thioether (sulfide) groups is 1. The molecular weight excluding hydrogens is 478 g/mol. The van der Waals surface area contributed by atoms with Gasteiger partial charge in [0.1, 0.15) is 22.4 Å². The van der Waals surface area contributed by atoms with E-state index in [0.29, 0.717) is 36.3 Å². The fourth-order valence-electron chi connectivity index (χ4n) is 5.01. The summed E-state index contributed by atoms with van der Waals surface area (Å²) in [4.78, 5) is 28.2. The third-order valence-electron chi connectivity index (χ3n) is 6.86. The normalized spacial score (nSPS) is 20.7. The number of oxazole rings is 1. The molecule has 1 amide bonds. The second-order valence-electron chi connectivity index (χ2n) is 9.19. The molecule has 0 saturated carbocycles. The van der Waals surface area contributed by atoms with Crippen molar-refractivity contribution in [2.75, 3.05) is 59.8 Å². The van der Waals surface area contributed by atoms with E-state index in [1.165, 1.54) is 18.2 Å². The van der Waals surface area contributed by atoms with Crippen LogP contribution < -0.4 is 26.2 Å². The van der Waals surface area contributed by atoms with Gasteiger partial charge >= 0.3 is 0 Å². The zero-order valence-corrected chi connectivity index (χ0v) is 20.7. The van der Waals surface area contributed by atoms with Gasteiger partial charge in [0.25, 0.3) is 11.9 Å². The monoisotopic (exact) mass is 507 g/mol. The Morgan fingerprint density at radius 3 is 2.56 bits per heavy atom. The average Bonchev–Trinajstić information content (AvgIpc) is 3.54. The molecule has 188 valence electrons. The number of nitrogen functional groups attached to an aromatic ring is 1. The van der Waals surface area contributed by atoms with Gasteiger partial charge in [-0.2, -0.15) is 4.98 Å². The Morgan fingerprint density at radius 1 is 1.03 bits per heavy atom. The van der Waals surface area contributed by atoms with Gasteiger partial charge in [-0.15, -0.1) is 11.8 Å². The van der Waals surface area contributed by atoms with Gasteiger partial charge in [0, 0.05) is 49.4 Å². The lowest BCUT2D eigenvalue weighted by molar-refractivity contribution is -0.114. The topological polar surface area (TPSA) is 127 Å². The minimum atomic E-state index is -0.482. The number of amides is 1. The van der Waals surface area contributed by atoms with E-state index in [9.17, 15) is 4.79 Å². The van der Waals surface area contributed by atoms with Crippen molar-refractivity contribution in [2.24, 2.45) is 5.73 Å². The predicted octanol–water partition coefficient (Wildman–Crippen LogP) is 3.21. The number of rotatable bonds is 5. The summed E-state index contributed by atoms with van der Waals surface area (Å²) in [5, 5.41) is 1.61. The molecule has 0 radical (unpaired) electrons. The highest BCUT2D eigenvalue weighted by Gasteiger charge is 2.35. The van der Waals surface area contributed by atoms with E-state index in [-0.39, 0.29) is 5.37 Å². The maximum atomic E-state index is 12.6. The number of benzene rings is 1. The van der Waals surface area contributed by atoms with Gasteiger partial charge in [0.05, 0.1) is 24.6 Å². The fraction of sp³-hybridized carbons (Fsp3) is 0.400. The Labute approximate surface area is 213 Å². The van der Waals surface area contributed by atoms with Gasteiger partial charge in [-0.1, -0.05) is 6.07 Å². The Bertz CT molecular complexity index is 1300. The van der Waals surface area contributed by atoms with Crippen LogP contribution >= 0.6 is 11.8 Å². The molecule has 5 heterocycles. The molecule has 1 aromatic carbocycles. The first-order valence-electron chi connectivity index (χ1n) is 12.3. The van der Waals surface area contributed by atoms with Crippen LogP contribution in [-0.2, 0) is 9.53 Å². The first-order valence-corrected chi connectivity index (χ1v) is 13.2. The lowest BCUT2D eigenvalue weighted by atomic mass is 10.1. The minimum absolute atomic E-state index is 0.219. The van der Waals surface area contributed by atoms with Crippen molar-refractivity contribution in [1.82, 2.24) is 9.97 Å². The van der Waals surface area contributed by atoms with Crippen molar-refractivity contribution in [1.29, 1.82) is 0 Å². The zero-order valence-electron chi connectivity index (χ0n) is 19.9. The van der Waals surface area contributed by atoms with E-state index in [4.69, 9.17) is 25.6 Å². The second kappa shape index (κ2) is 9.55. The van der Waals surface area contributed by atoms with E-state index in [0.717, 1.165) is 61.5 Å². The molecule has 0 bridgehead atoms. The number of piperidine rings is 1. The number of nitrogens with zero attached hydrogens (tertiary/aromatic N) is 5. The third kappa shape index (κ3) is 4.22. The number of anilines is 4. The molecule has 0 aliphatic carbocycles. The van der Waals surface area contributed by atoms with Crippen molar-refractivity contribution >= 4 is 52.0 Å². The number of morpholine rings is 1. The number of nitrogens with two attached hydrogens (primary N) is 2. The molecule has 1 unspecified atom stereocenters. The zero-order chi connectivity index (χ0) is 24.6. The summed E-state index contributed by atoms with van der Waals surface area (Å²) in [6.07, 6.45) is 5.20. The molecular formula is C25H29N7O3S. The van der Waals surface area contributed by atoms with Crippen LogP contribution in [0.25, 0.3) is 11.1 Å². The van der Waals surface area contributed by atoms with Crippen molar-refractivity contribution < 1.29 is 13.9 Å². The van der Waals surface area contributed by atoms with Gasteiger partial charge in [-0.25, -0.2) is 4.98 Å². The second-order valence-corrected chi connectivity index (χ2v) is 10.1. The predicted molar refractivity (Wildman–Crippen MR) is 142 cm³/mol. The Balaban J connectivity index is 1.48. The van der Waals surface area contributed by atoms with E-state index >= 15 is 0 Å². The van der Waals surface area contributed by atoms with Crippen LogP contribution in [0.15, 0.2) is 46.0 Å². The Kier molecular flexibility index (Phi) is 6.10. The van der Waals surface area contributed by atoms with Crippen LogP contribution in [0.1, 0.15) is 30.2 Å². The minimum Gasteiger partial charge on any atom is -0.423 e. The van der Waals surface area contributed by atoms with Crippen LogP contribution in [0.2, 0.25) is 0 Å². The third-order valence-corrected chi connectivity index (χ3v) is 7.96. The molecule has 3 aliphatic heterocycles. The average molecular weight is 508 g/mol. The Morgan fingerprint density at radius 2 is 1.83 bits per heavy atom. The molecule has 1 atom stereocenters. The van der Waals surface area contributed by atoms with Crippen LogP contribution in [0.5, 0.6) is 0 Å². The molecule has 10 nitrogen and oxygen atoms in total. The van der Waals surface area contributed by atoms with Crippen molar-refractivity contribution in [2.45, 2.75) is 24.6 Å². The highest BCUT2D eigenvalue weighted by Crippen LogP contribution is 2.49. The summed E-state index contributed by atoms with van der Waals surface area (Å²) >= 11 is 1.52. The maximum absolute atomic E-state index is 12.6. The molecule has 3 aliphatic rings. The molecule has 6 rings (SSSR count). The Hall–Kier alpha value is -3.44. The van der Waals surface area contributed by atoms with Crippen LogP contribution in [-0.4, -0.2) is 55.3 Å². The summed E-state index contributed by atoms with van der Waals surface area (Å²) in [6.45, 7) is 4.66.